The summed E-state index contributed by atoms with van der Waals surface area (Å²) in [6.07, 6.45) is 11.8. The second kappa shape index (κ2) is 11.6. The van der Waals surface area contributed by atoms with Gasteiger partial charge in [0, 0.05) is 0 Å². The number of anilines is 2. The van der Waals surface area contributed by atoms with Crippen LogP contribution < -0.4 is 9.80 Å². The number of hydrogen-bond acceptors (Lipinski definition) is 4. The summed E-state index contributed by atoms with van der Waals surface area (Å²) in [6, 6.07) is 15.2. The van der Waals surface area contributed by atoms with Crippen molar-refractivity contribution in [2.24, 2.45) is 47.3 Å². The van der Waals surface area contributed by atoms with Crippen LogP contribution in [-0.4, -0.2) is 23.6 Å². The second-order valence-electron chi connectivity index (χ2n) is 12.8. The zero-order chi connectivity index (χ0) is 30.4. The third kappa shape index (κ3) is 4.81. The molecule has 0 N–H and O–H groups in total. The molecule has 8 unspecified atom stereocenters. The number of benzene rings is 2. The van der Waals surface area contributed by atoms with E-state index < -0.39 is 0 Å². The molecule has 6 nitrogen and oxygen atoms in total. The number of imide groups is 2. The summed E-state index contributed by atoms with van der Waals surface area (Å²) in [5.74, 6) is -1.05. The van der Waals surface area contributed by atoms with Gasteiger partial charge in [0.15, 0.2) is 0 Å². The Kier molecular flexibility index (Phi) is 7.80. The minimum absolute atomic E-state index is 0.0206. The number of hydrogen-bond donors (Lipinski definition) is 0. The van der Waals surface area contributed by atoms with Crippen molar-refractivity contribution in [2.75, 3.05) is 9.80 Å². The second-order valence-corrected chi connectivity index (χ2v) is 12.8. The fourth-order valence-electron chi connectivity index (χ4n) is 8.37. The monoisotopic (exact) mass is 576 g/mol. The average molecular weight is 577 g/mol. The van der Waals surface area contributed by atoms with Gasteiger partial charge in [0.2, 0.25) is 23.6 Å². The van der Waals surface area contributed by atoms with Crippen molar-refractivity contribution in [3.8, 4) is 0 Å². The largest absolute Gasteiger partial charge is 0.274 e. The predicted octanol–water partition coefficient (Wildman–Crippen LogP) is 6.51. The fourth-order valence-corrected chi connectivity index (χ4v) is 8.37. The number of rotatable bonds is 9. The summed E-state index contributed by atoms with van der Waals surface area (Å²) in [6.45, 7) is 11.8. The van der Waals surface area contributed by atoms with Crippen molar-refractivity contribution in [3.05, 3.63) is 97.1 Å². The molecule has 2 saturated heterocycles. The smallest absolute Gasteiger partial charge is 0.238 e. The average Bonchev–Trinajstić information content (AvgIpc) is 3.69. The standard InChI is InChI=1S/C37H40N2O4/c1-5-8-10-27-21-25(7-3)31-33(27)37(43)39(35(31)41)29-17-13-24(14-18-29)20-23-11-15-28(16-12-23)38-34(40)30-22(4)19-26(9-6-2)32(30)36(38)42/h5-7,9,11-18,22,25-27,30-33H,1,3,8,10,19-21H2,2,4H3/b9-6-. The molecule has 2 aliphatic carbocycles. The lowest BCUT2D eigenvalue weighted by Gasteiger charge is -2.20. The molecule has 0 radical (unpaired) electrons. The van der Waals surface area contributed by atoms with Gasteiger partial charge in [-0.25, -0.2) is 0 Å². The van der Waals surface area contributed by atoms with E-state index in [9.17, 15) is 19.2 Å². The molecule has 0 spiro atoms. The Morgan fingerprint density at radius 2 is 1.23 bits per heavy atom. The van der Waals surface area contributed by atoms with Gasteiger partial charge in [-0.3, -0.25) is 29.0 Å². The van der Waals surface area contributed by atoms with Crippen molar-refractivity contribution in [3.63, 3.8) is 0 Å². The number of amides is 4. The number of nitrogens with zero attached hydrogens (tertiary/aromatic N) is 2. The normalized spacial score (nSPS) is 31.8. The molecule has 4 fully saturated rings. The van der Waals surface area contributed by atoms with Gasteiger partial charge in [0.1, 0.15) is 0 Å². The molecule has 2 heterocycles. The Hall–Kier alpha value is -4.06. The van der Waals surface area contributed by atoms with Gasteiger partial charge in [-0.2, -0.15) is 0 Å². The first-order valence-electron chi connectivity index (χ1n) is 15.6. The lowest BCUT2D eigenvalue weighted by molar-refractivity contribution is -0.125. The van der Waals surface area contributed by atoms with Crippen LogP contribution in [0, 0.1) is 47.3 Å². The van der Waals surface area contributed by atoms with E-state index in [0.29, 0.717) is 17.8 Å². The maximum absolute atomic E-state index is 13.5. The van der Waals surface area contributed by atoms with Crippen LogP contribution in [0.5, 0.6) is 0 Å². The molecule has 0 aromatic heterocycles. The zero-order valence-corrected chi connectivity index (χ0v) is 25.0. The summed E-state index contributed by atoms with van der Waals surface area (Å²) >= 11 is 0. The van der Waals surface area contributed by atoms with Crippen LogP contribution in [0.25, 0.3) is 0 Å². The summed E-state index contributed by atoms with van der Waals surface area (Å²) < 4.78 is 0. The highest BCUT2D eigenvalue weighted by atomic mass is 16.2. The molecule has 4 amide bonds. The van der Waals surface area contributed by atoms with E-state index in [4.69, 9.17) is 0 Å². The van der Waals surface area contributed by atoms with Crippen molar-refractivity contribution >= 4 is 35.0 Å². The highest BCUT2D eigenvalue weighted by Crippen LogP contribution is 2.51. The molecular weight excluding hydrogens is 536 g/mol. The van der Waals surface area contributed by atoms with Crippen LogP contribution in [0.4, 0.5) is 11.4 Å². The minimum atomic E-state index is -0.329. The first-order valence-corrected chi connectivity index (χ1v) is 15.6. The highest BCUT2D eigenvalue weighted by molar-refractivity contribution is 6.23. The van der Waals surface area contributed by atoms with Gasteiger partial charge in [-0.05, 0) is 98.1 Å². The van der Waals surface area contributed by atoms with Crippen LogP contribution in [0.3, 0.4) is 0 Å². The maximum Gasteiger partial charge on any atom is 0.238 e. The highest BCUT2D eigenvalue weighted by Gasteiger charge is 2.58. The Bertz CT molecular complexity index is 1490. The molecule has 4 aliphatic rings. The van der Waals surface area contributed by atoms with Crippen molar-refractivity contribution in [2.45, 2.75) is 46.0 Å². The molecule has 0 bridgehead atoms. The summed E-state index contributed by atoms with van der Waals surface area (Å²) in [4.78, 5) is 56.4. The third-order valence-corrected chi connectivity index (χ3v) is 10.3. The number of carbonyl (C=O) groups excluding carboxylic acids is 4. The third-order valence-electron chi connectivity index (χ3n) is 10.3. The summed E-state index contributed by atoms with van der Waals surface area (Å²) in [5.41, 5.74) is 3.30. The molecule has 43 heavy (non-hydrogen) atoms. The minimum Gasteiger partial charge on any atom is -0.274 e. The van der Waals surface area contributed by atoms with E-state index in [-0.39, 0.29) is 71.0 Å². The van der Waals surface area contributed by atoms with E-state index in [1.165, 1.54) is 9.80 Å². The van der Waals surface area contributed by atoms with Crippen molar-refractivity contribution in [1.29, 1.82) is 0 Å². The first kappa shape index (κ1) is 29.0. The molecule has 222 valence electrons. The van der Waals surface area contributed by atoms with E-state index in [2.05, 4.69) is 26.2 Å². The van der Waals surface area contributed by atoms with Gasteiger partial charge in [-0.15, -0.1) is 13.2 Å². The van der Waals surface area contributed by atoms with E-state index >= 15 is 0 Å². The van der Waals surface area contributed by atoms with Gasteiger partial charge in [-0.1, -0.05) is 55.5 Å². The van der Waals surface area contributed by atoms with E-state index in [1.807, 2.05) is 73.7 Å². The van der Waals surface area contributed by atoms with Crippen molar-refractivity contribution in [1.82, 2.24) is 0 Å². The first-order chi connectivity index (χ1) is 20.8. The zero-order valence-electron chi connectivity index (χ0n) is 25.0. The van der Waals surface area contributed by atoms with E-state index in [0.717, 1.165) is 36.8 Å². The molecule has 8 atom stereocenters. The Morgan fingerprint density at radius 3 is 1.74 bits per heavy atom. The molecule has 6 rings (SSSR count). The number of fused-ring (bicyclic) bond motifs is 2. The molecule has 2 aromatic rings. The van der Waals surface area contributed by atoms with Gasteiger partial charge in [0.05, 0.1) is 35.0 Å². The lowest BCUT2D eigenvalue weighted by Crippen LogP contribution is -2.33. The van der Waals surface area contributed by atoms with Gasteiger partial charge < -0.3 is 0 Å². The van der Waals surface area contributed by atoms with Crippen molar-refractivity contribution < 1.29 is 19.2 Å². The molecule has 2 aliphatic heterocycles. The quantitative estimate of drug-likeness (QED) is 0.252. The molecule has 6 heteroatoms. The van der Waals surface area contributed by atoms with Gasteiger partial charge in [0.25, 0.3) is 0 Å². The molecule has 2 saturated carbocycles. The van der Waals surface area contributed by atoms with Crippen LogP contribution in [0.15, 0.2) is 86.0 Å². The fraction of sp³-hybridized carbons (Fsp3) is 0.405. The molecule has 2 aromatic carbocycles. The number of carbonyl (C=O) groups is 4. The SMILES string of the molecule is C=CCCC1CC(C=C)C2C(=O)N(c3ccc(Cc4ccc(N5C(=O)C6C(C)CC(/C=C\C)C6C5=O)cc4)cc3)C(=O)C12. The number of allylic oxidation sites excluding steroid dienone is 4. The van der Waals surface area contributed by atoms with Gasteiger partial charge >= 0.3 is 0 Å². The Balaban J connectivity index is 1.14. The summed E-state index contributed by atoms with van der Waals surface area (Å²) in [7, 11) is 0. The Morgan fingerprint density at radius 1 is 0.721 bits per heavy atom. The van der Waals surface area contributed by atoms with E-state index in [1.54, 1.807) is 0 Å². The van der Waals surface area contributed by atoms with Crippen LogP contribution in [-0.2, 0) is 25.6 Å². The van der Waals surface area contributed by atoms with Crippen LogP contribution in [0.2, 0.25) is 0 Å². The van der Waals surface area contributed by atoms with Crippen LogP contribution in [0.1, 0.15) is 50.7 Å². The van der Waals surface area contributed by atoms with Crippen LogP contribution >= 0.6 is 0 Å². The predicted molar refractivity (Wildman–Crippen MR) is 168 cm³/mol. The summed E-state index contributed by atoms with van der Waals surface area (Å²) in [5, 5.41) is 0. The topological polar surface area (TPSA) is 74.8 Å². The molecular formula is C37H40N2O4. The Labute approximate surface area is 254 Å². The maximum atomic E-state index is 13.5. The lowest BCUT2D eigenvalue weighted by atomic mass is 9.87.